The quantitative estimate of drug-likeness (QED) is 0.387. The first-order valence-corrected chi connectivity index (χ1v) is 10.1. The minimum atomic E-state index is 0.618. The molecule has 0 saturated carbocycles. The Labute approximate surface area is 164 Å². The van der Waals surface area contributed by atoms with Crippen LogP contribution in [-0.4, -0.2) is 16.2 Å². The van der Waals surface area contributed by atoms with Crippen molar-refractivity contribution in [3.63, 3.8) is 0 Å². The van der Waals surface area contributed by atoms with Crippen LogP contribution in [0, 0.1) is 6.92 Å². The minimum Gasteiger partial charge on any atom is -0.492 e. The predicted octanol–water partition coefficient (Wildman–Crippen LogP) is 5.72. The topological polar surface area (TPSA) is 27.1 Å². The minimum absolute atomic E-state index is 0.618. The van der Waals surface area contributed by atoms with E-state index < -0.39 is 0 Å². The SMILES string of the molecule is Cc1cccc(OCCn2c(CSc3ccccc3)nc3ccccc32)c1. The number of aromatic nitrogens is 2. The molecular formula is C23H22N2OS. The summed E-state index contributed by atoms with van der Waals surface area (Å²) in [7, 11) is 0. The normalized spacial score (nSPS) is 11.0. The molecule has 0 aliphatic carbocycles. The Morgan fingerprint density at radius 1 is 0.926 bits per heavy atom. The number of fused-ring (bicyclic) bond motifs is 1. The molecule has 0 fully saturated rings. The summed E-state index contributed by atoms with van der Waals surface area (Å²) in [6.45, 7) is 3.47. The summed E-state index contributed by atoms with van der Waals surface area (Å²) in [5.41, 5.74) is 3.41. The third-order valence-corrected chi connectivity index (χ3v) is 5.43. The van der Waals surface area contributed by atoms with Gasteiger partial charge in [-0.15, -0.1) is 11.8 Å². The molecule has 1 heterocycles. The van der Waals surface area contributed by atoms with E-state index in [0.29, 0.717) is 6.61 Å². The van der Waals surface area contributed by atoms with Gasteiger partial charge >= 0.3 is 0 Å². The van der Waals surface area contributed by atoms with E-state index in [1.165, 1.54) is 10.5 Å². The Kier molecular flexibility index (Phi) is 5.45. The maximum atomic E-state index is 5.97. The molecule has 0 amide bonds. The van der Waals surface area contributed by atoms with Crippen LogP contribution in [0.4, 0.5) is 0 Å². The highest BCUT2D eigenvalue weighted by Gasteiger charge is 2.11. The van der Waals surface area contributed by atoms with Gasteiger partial charge in [-0.3, -0.25) is 0 Å². The summed E-state index contributed by atoms with van der Waals surface area (Å²) in [6, 6.07) is 26.9. The standard InChI is InChI=1S/C23H22N2OS/c1-18-8-7-9-19(16-18)26-15-14-25-22-13-6-5-12-21(22)24-23(25)17-27-20-10-3-2-4-11-20/h2-13,16H,14-15,17H2,1H3. The van der Waals surface area contributed by atoms with Crippen molar-refractivity contribution in [1.29, 1.82) is 0 Å². The molecule has 0 saturated heterocycles. The number of aryl methyl sites for hydroxylation is 1. The number of imidazole rings is 1. The first-order chi connectivity index (χ1) is 13.3. The average molecular weight is 375 g/mol. The van der Waals surface area contributed by atoms with Gasteiger partial charge in [0.2, 0.25) is 0 Å². The molecule has 0 N–H and O–H groups in total. The summed E-state index contributed by atoms with van der Waals surface area (Å²) in [5, 5.41) is 0. The highest BCUT2D eigenvalue weighted by Crippen LogP contribution is 2.25. The van der Waals surface area contributed by atoms with E-state index in [4.69, 9.17) is 9.72 Å². The number of hydrogen-bond acceptors (Lipinski definition) is 3. The van der Waals surface area contributed by atoms with Gasteiger partial charge in [0.25, 0.3) is 0 Å². The van der Waals surface area contributed by atoms with Gasteiger partial charge in [-0.1, -0.05) is 42.5 Å². The van der Waals surface area contributed by atoms with Gasteiger partial charge in [-0.2, -0.15) is 0 Å². The molecule has 1 aromatic heterocycles. The fourth-order valence-corrected chi connectivity index (χ4v) is 3.98. The van der Waals surface area contributed by atoms with Crippen molar-refractivity contribution in [2.24, 2.45) is 0 Å². The molecule has 0 unspecified atom stereocenters. The van der Waals surface area contributed by atoms with E-state index in [-0.39, 0.29) is 0 Å². The van der Waals surface area contributed by atoms with Crippen molar-refractivity contribution in [3.8, 4) is 5.75 Å². The zero-order chi connectivity index (χ0) is 18.5. The molecule has 0 spiro atoms. The van der Waals surface area contributed by atoms with Crippen LogP contribution in [0.3, 0.4) is 0 Å². The number of nitrogens with zero attached hydrogens (tertiary/aromatic N) is 2. The Balaban J connectivity index is 1.51. The fourth-order valence-electron chi connectivity index (χ4n) is 3.11. The second kappa shape index (κ2) is 8.31. The fraction of sp³-hybridized carbons (Fsp3) is 0.174. The van der Waals surface area contributed by atoms with Crippen molar-refractivity contribution < 1.29 is 4.74 Å². The van der Waals surface area contributed by atoms with E-state index >= 15 is 0 Å². The number of ether oxygens (including phenoxy) is 1. The van der Waals surface area contributed by atoms with Crippen LogP contribution in [0.2, 0.25) is 0 Å². The van der Waals surface area contributed by atoms with Crippen molar-refractivity contribution in [3.05, 3.63) is 90.3 Å². The van der Waals surface area contributed by atoms with E-state index in [0.717, 1.165) is 34.9 Å². The van der Waals surface area contributed by atoms with Gasteiger partial charge in [0.15, 0.2) is 0 Å². The molecule has 136 valence electrons. The molecule has 27 heavy (non-hydrogen) atoms. The summed E-state index contributed by atoms with van der Waals surface area (Å²) < 4.78 is 8.25. The predicted molar refractivity (Wildman–Crippen MR) is 112 cm³/mol. The Morgan fingerprint density at radius 2 is 1.74 bits per heavy atom. The van der Waals surface area contributed by atoms with Gasteiger partial charge in [-0.05, 0) is 48.9 Å². The lowest BCUT2D eigenvalue weighted by molar-refractivity contribution is 0.298. The number of benzene rings is 3. The van der Waals surface area contributed by atoms with Gasteiger partial charge in [0, 0.05) is 4.90 Å². The third kappa shape index (κ3) is 4.34. The summed E-state index contributed by atoms with van der Waals surface area (Å²) >= 11 is 1.81. The van der Waals surface area contributed by atoms with Crippen LogP contribution in [0.5, 0.6) is 5.75 Å². The summed E-state index contributed by atoms with van der Waals surface area (Å²) in [4.78, 5) is 6.11. The highest BCUT2D eigenvalue weighted by molar-refractivity contribution is 7.98. The van der Waals surface area contributed by atoms with Crippen LogP contribution in [0.1, 0.15) is 11.4 Å². The van der Waals surface area contributed by atoms with Crippen molar-refractivity contribution in [2.75, 3.05) is 6.61 Å². The smallest absolute Gasteiger partial charge is 0.120 e. The molecule has 4 rings (SSSR count). The third-order valence-electron chi connectivity index (χ3n) is 4.42. The van der Waals surface area contributed by atoms with Gasteiger partial charge in [-0.25, -0.2) is 4.98 Å². The number of rotatable bonds is 7. The average Bonchev–Trinajstić information content (AvgIpc) is 3.05. The second-order valence-electron chi connectivity index (χ2n) is 6.44. The Hall–Kier alpha value is -2.72. The van der Waals surface area contributed by atoms with Crippen molar-refractivity contribution >= 4 is 22.8 Å². The summed E-state index contributed by atoms with van der Waals surface area (Å²) in [5.74, 6) is 2.83. The zero-order valence-electron chi connectivity index (χ0n) is 15.3. The van der Waals surface area contributed by atoms with Crippen LogP contribution in [-0.2, 0) is 12.3 Å². The molecule has 4 heteroatoms. The zero-order valence-corrected chi connectivity index (χ0v) is 16.2. The van der Waals surface area contributed by atoms with Crippen molar-refractivity contribution in [2.45, 2.75) is 24.1 Å². The number of para-hydroxylation sites is 2. The van der Waals surface area contributed by atoms with Crippen molar-refractivity contribution in [1.82, 2.24) is 9.55 Å². The molecular weight excluding hydrogens is 352 g/mol. The lowest BCUT2D eigenvalue weighted by Gasteiger charge is -2.11. The molecule has 0 aliphatic heterocycles. The van der Waals surface area contributed by atoms with Crippen LogP contribution in [0.25, 0.3) is 11.0 Å². The number of thioether (sulfide) groups is 1. The molecule has 0 bridgehead atoms. The molecule has 4 aromatic rings. The molecule has 0 aliphatic rings. The molecule has 0 radical (unpaired) electrons. The van der Waals surface area contributed by atoms with Gasteiger partial charge in [0.1, 0.15) is 18.2 Å². The van der Waals surface area contributed by atoms with Gasteiger partial charge in [0.05, 0.1) is 23.3 Å². The largest absolute Gasteiger partial charge is 0.492 e. The van der Waals surface area contributed by atoms with E-state index in [9.17, 15) is 0 Å². The Bertz CT molecular complexity index is 1030. The highest BCUT2D eigenvalue weighted by atomic mass is 32.2. The van der Waals surface area contributed by atoms with E-state index in [2.05, 4.69) is 66.1 Å². The van der Waals surface area contributed by atoms with E-state index in [1.807, 2.05) is 36.0 Å². The second-order valence-corrected chi connectivity index (χ2v) is 7.48. The monoisotopic (exact) mass is 374 g/mol. The molecule has 3 nitrogen and oxygen atoms in total. The maximum Gasteiger partial charge on any atom is 0.120 e. The molecule has 0 atom stereocenters. The lowest BCUT2D eigenvalue weighted by Crippen LogP contribution is -2.11. The molecule has 3 aromatic carbocycles. The number of hydrogen-bond donors (Lipinski definition) is 0. The van der Waals surface area contributed by atoms with Crippen LogP contribution < -0.4 is 4.74 Å². The van der Waals surface area contributed by atoms with Gasteiger partial charge < -0.3 is 9.30 Å². The maximum absolute atomic E-state index is 5.97. The lowest BCUT2D eigenvalue weighted by atomic mass is 10.2. The first-order valence-electron chi connectivity index (χ1n) is 9.11. The summed E-state index contributed by atoms with van der Waals surface area (Å²) in [6.07, 6.45) is 0. The Morgan fingerprint density at radius 3 is 2.59 bits per heavy atom. The van der Waals surface area contributed by atoms with Crippen LogP contribution in [0.15, 0.2) is 83.8 Å². The van der Waals surface area contributed by atoms with Crippen LogP contribution >= 0.6 is 11.8 Å². The van der Waals surface area contributed by atoms with E-state index in [1.54, 1.807) is 0 Å². The first kappa shape index (κ1) is 17.7.